The number of carbonyl (C=O) groups is 2. The predicted octanol–water partition coefficient (Wildman–Crippen LogP) is 3.43. The fourth-order valence-corrected chi connectivity index (χ4v) is 3.49. The van der Waals surface area contributed by atoms with Gasteiger partial charge in [-0.2, -0.15) is 0 Å². The van der Waals surface area contributed by atoms with Crippen molar-refractivity contribution < 1.29 is 19.4 Å². The Hall–Kier alpha value is -1.75. The monoisotopic (exact) mass is 353 g/mol. The van der Waals surface area contributed by atoms with Crippen molar-refractivity contribution in [3.63, 3.8) is 0 Å². The highest BCUT2D eigenvalue weighted by Crippen LogP contribution is 2.34. The number of ether oxygens (including phenoxy) is 1. The van der Waals surface area contributed by atoms with Gasteiger partial charge in [0, 0.05) is 5.02 Å². The molecular formula is C18H24ClNO4. The van der Waals surface area contributed by atoms with Crippen molar-refractivity contribution in [2.45, 2.75) is 51.0 Å². The molecule has 0 aromatic heterocycles. The van der Waals surface area contributed by atoms with Crippen LogP contribution in [0.1, 0.15) is 44.6 Å². The van der Waals surface area contributed by atoms with E-state index in [0.29, 0.717) is 35.1 Å². The van der Waals surface area contributed by atoms with Gasteiger partial charge in [0.2, 0.25) is 5.91 Å². The van der Waals surface area contributed by atoms with E-state index in [1.54, 1.807) is 25.3 Å². The van der Waals surface area contributed by atoms with Crippen LogP contribution in [0.5, 0.6) is 5.75 Å². The van der Waals surface area contributed by atoms with E-state index in [2.05, 4.69) is 12.2 Å². The quantitative estimate of drug-likeness (QED) is 0.821. The number of amides is 1. The first-order valence-corrected chi connectivity index (χ1v) is 8.65. The molecule has 5 nitrogen and oxygen atoms in total. The van der Waals surface area contributed by atoms with Crippen molar-refractivity contribution in [3.05, 3.63) is 28.8 Å². The van der Waals surface area contributed by atoms with Gasteiger partial charge in [0.05, 0.1) is 13.5 Å². The van der Waals surface area contributed by atoms with Gasteiger partial charge in [0.25, 0.3) is 0 Å². The Morgan fingerprint density at radius 1 is 1.38 bits per heavy atom. The molecule has 2 N–H and O–H groups in total. The van der Waals surface area contributed by atoms with Gasteiger partial charge in [0.15, 0.2) is 0 Å². The number of carboxylic acids is 1. The number of halogens is 1. The zero-order valence-corrected chi connectivity index (χ0v) is 14.9. The van der Waals surface area contributed by atoms with Gasteiger partial charge in [-0.15, -0.1) is 0 Å². The molecule has 1 aromatic carbocycles. The van der Waals surface area contributed by atoms with E-state index in [-0.39, 0.29) is 12.3 Å². The molecule has 1 aromatic rings. The maximum Gasteiger partial charge on any atom is 0.329 e. The Morgan fingerprint density at radius 2 is 2.04 bits per heavy atom. The molecule has 2 rings (SSSR count). The first-order valence-electron chi connectivity index (χ1n) is 8.27. The van der Waals surface area contributed by atoms with Gasteiger partial charge >= 0.3 is 5.97 Å². The summed E-state index contributed by atoms with van der Waals surface area (Å²) >= 11 is 6.15. The van der Waals surface area contributed by atoms with Crippen LogP contribution in [0.4, 0.5) is 0 Å². The third-order valence-corrected chi connectivity index (χ3v) is 5.29. The van der Waals surface area contributed by atoms with Gasteiger partial charge in [-0.05, 0) is 49.3 Å². The lowest BCUT2D eigenvalue weighted by Crippen LogP contribution is -2.56. The predicted molar refractivity (Wildman–Crippen MR) is 92.5 cm³/mol. The number of methoxy groups -OCH3 is 1. The van der Waals surface area contributed by atoms with E-state index in [0.717, 1.165) is 19.3 Å². The molecule has 0 atom stereocenters. The second-order valence-corrected chi connectivity index (χ2v) is 6.83. The zero-order valence-electron chi connectivity index (χ0n) is 14.1. The molecule has 24 heavy (non-hydrogen) atoms. The summed E-state index contributed by atoms with van der Waals surface area (Å²) in [5, 5.41) is 12.8. The molecule has 0 radical (unpaired) electrons. The summed E-state index contributed by atoms with van der Waals surface area (Å²) in [5.41, 5.74) is -0.500. The Balaban J connectivity index is 2.05. The van der Waals surface area contributed by atoms with E-state index in [4.69, 9.17) is 16.3 Å². The molecule has 1 aliphatic carbocycles. The summed E-state index contributed by atoms with van der Waals surface area (Å²) in [6.07, 6.45) is 3.70. The van der Waals surface area contributed by atoms with Gasteiger partial charge in [0.1, 0.15) is 11.3 Å². The Bertz CT molecular complexity index is 609. The van der Waals surface area contributed by atoms with Crippen molar-refractivity contribution in [3.8, 4) is 5.75 Å². The Kier molecular flexibility index (Phi) is 6.10. The van der Waals surface area contributed by atoms with E-state index < -0.39 is 11.5 Å². The second-order valence-electron chi connectivity index (χ2n) is 6.42. The number of nitrogens with one attached hydrogen (secondary N) is 1. The van der Waals surface area contributed by atoms with E-state index in [1.807, 2.05) is 0 Å². The van der Waals surface area contributed by atoms with Gasteiger partial charge in [-0.1, -0.05) is 31.0 Å². The van der Waals surface area contributed by atoms with Gasteiger partial charge < -0.3 is 15.2 Å². The van der Waals surface area contributed by atoms with Crippen LogP contribution < -0.4 is 10.1 Å². The van der Waals surface area contributed by atoms with Crippen molar-refractivity contribution in [1.29, 1.82) is 0 Å². The van der Waals surface area contributed by atoms with Crippen molar-refractivity contribution in [2.75, 3.05) is 7.11 Å². The molecule has 0 heterocycles. The summed E-state index contributed by atoms with van der Waals surface area (Å²) in [4.78, 5) is 24.1. The van der Waals surface area contributed by atoms with E-state index >= 15 is 0 Å². The standard InChI is InChI=1S/C18H24ClNO4/c1-3-12-6-8-18(9-7-12,17(22)23)20-16(21)10-13-4-5-14(24-2)11-15(13)19/h4-5,11-12H,3,6-10H2,1-2H3,(H,20,21)(H,22,23). The SMILES string of the molecule is CCC1CCC(NC(=O)Cc2ccc(OC)cc2Cl)(C(=O)O)CC1. The largest absolute Gasteiger partial charge is 0.497 e. The molecule has 1 amide bonds. The number of hydrogen-bond acceptors (Lipinski definition) is 3. The van der Waals surface area contributed by atoms with Crippen LogP contribution in [-0.2, 0) is 16.0 Å². The molecule has 0 bridgehead atoms. The van der Waals surface area contributed by atoms with Gasteiger partial charge in [-0.25, -0.2) is 4.79 Å². The number of carboxylic acid groups (broad SMARTS) is 1. The van der Waals surface area contributed by atoms with E-state index in [9.17, 15) is 14.7 Å². The Labute approximate surface area is 147 Å². The lowest BCUT2D eigenvalue weighted by molar-refractivity contribution is -0.149. The molecule has 0 aliphatic heterocycles. The lowest BCUT2D eigenvalue weighted by Gasteiger charge is -2.37. The molecule has 1 saturated carbocycles. The van der Waals surface area contributed by atoms with Gasteiger partial charge in [-0.3, -0.25) is 4.79 Å². The average molecular weight is 354 g/mol. The lowest BCUT2D eigenvalue weighted by atomic mass is 9.75. The van der Waals surface area contributed by atoms with Crippen molar-refractivity contribution >= 4 is 23.5 Å². The van der Waals surface area contributed by atoms with Crippen LogP contribution in [0.2, 0.25) is 5.02 Å². The number of hydrogen-bond donors (Lipinski definition) is 2. The molecule has 1 aliphatic rings. The zero-order chi connectivity index (χ0) is 17.7. The summed E-state index contributed by atoms with van der Waals surface area (Å²) in [5.74, 6) is -0.111. The Morgan fingerprint density at radius 3 is 2.54 bits per heavy atom. The fourth-order valence-electron chi connectivity index (χ4n) is 3.25. The molecule has 6 heteroatoms. The first-order chi connectivity index (χ1) is 11.4. The van der Waals surface area contributed by atoms with Crippen LogP contribution in [-0.4, -0.2) is 29.6 Å². The average Bonchev–Trinajstić information content (AvgIpc) is 2.57. The molecule has 0 saturated heterocycles. The third-order valence-electron chi connectivity index (χ3n) is 4.94. The summed E-state index contributed by atoms with van der Waals surface area (Å²) in [6, 6.07) is 5.10. The minimum absolute atomic E-state index is 0.0507. The van der Waals surface area contributed by atoms with Crippen molar-refractivity contribution in [1.82, 2.24) is 5.32 Å². The highest BCUT2D eigenvalue weighted by molar-refractivity contribution is 6.31. The van der Waals surface area contributed by atoms with Crippen molar-refractivity contribution in [2.24, 2.45) is 5.92 Å². The maximum absolute atomic E-state index is 12.4. The van der Waals surface area contributed by atoms with E-state index in [1.165, 1.54) is 0 Å². The summed E-state index contributed by atoms with van der Waals surface area (Å²) < 4.78 is 5.08. The number of carbonyl (C=O) groups excluding carboxylic acids is 1. The third kappa shape index (κ3) is 4.20. The maximum atomic E-state index is 12.4. The van der Waals surface area contributed by atoms with Crippen LogP contribution in [0, 0.1) is 5.92 Å². The fraction of sp³-hybridized carbons (Fsp3) is 0.556. The highest BCUT2D eigenvalue weighted by Gasteiger charge is 2.42. The normalized spacial score (nSPS) is 23.5. The first kappa shape index (κ1) is 18.6. The second kappa shape index (κ2) is 7.88. The number of rotatable bonds is 6. The van der Waals surface area contributed by atoms with Crippen LogP contribution in [0.15, 0.2) is 18.2 Å². The summed E-state index contributed by atoms with van der Waals surface area (Å²) in [7, 11) is 1.54. The number of aliphatic carboxylic acids is 1. The molecule has 0 unspecified atom stereocenters. The molecule has 132 valence electrons. The van der Waals surface area contributed by atoms with Crippen LogP contribution in [0.25, 0.3) is 0 Å². The molecular weight excluding hydrogens is 330 g/mol. The van der Waals surface area contributed by atoms with Crippen LogP contribution in [0.3, 0.4) is 0 Å². The topological polar surface area (TPSA) is 75.6 Å². The molecule has 1 fully saturated rings. The number of benzene rings is 1. The minimum atomic E-state index is -1.15. The summed E-state index contributed by atoms with van der Waals surface area (Å²) in [6.45, 7) is 2.11. The van der Waals surface area contributed by atoms with Crippen LogP contribution >= 0.6 is 11.6 Å². The smallest absolute Gasteiger partial charge is 0.329 e. The minimum Gasteiger partial charge on any atom is -0.497 e. The molecule has 0 spiro atoms. The highest BCUT2D eigenvalue weighted by atomic mass is 35.5.